The van der Waals surface area contributed by atoms with Gasteiger partial charge in [-0.25, -0.2) is 8.42 Å². The minimum Gasteiger partial charge on any atom is -0.456 e. The standard InChI is InChI=1S/C16H15Cl2N3O5S/c17-11-7-12(18)9-14(8-11)26-15-2-1-13(21(22)23)10-16(15)27(24,25)20-5-3-19-4-6-20/h1-2,7-10,19H,3-6H2. The molecule has 1 heterocycles. The first kappa shape index (κ1) is 19.8. The topological polar surface area (TPSA) is 102 Å². The Hall–Kier alpha value is -1.91. The lowest BCUT2D eigenvalue weighted by atomic mass is 10.3. The van der Waals surface area contributed by atoms with E-state index in [2.05, 4.69) is 5.32 Å². The molecule has 3 rings (SSSR count). The highest BCUT2D eigenvalue weighted by molar-refractivity contribution is 7.89. The van der Waals surface area contributed by atoms with Crippen LogP contribution in [-0.4, -0.2) is 43.8 Å². The van der Waals surface area contributed by atoms with E-state index >= 15 is 0 Å². The molecule has 0 radical (unpaired) electrons. The van der Waals surface area contributed by atoms with E-state index in [0.717, 1.165) is 6.07 Å². The van der Waals surface area contributed by atoms with Crippen LogP contribution in [0, 0.1) is 10.1 Å². The van der Waals surface area contributed by atoms with Crippen molar-refractivity contribution < 1.29 is 18.1 Å². The lowest BCUT2D eigenvalue weighted by molar-refractivity contribution is -0.385. The van der Waals surface area contributed by atoms with Crippen molar-refractivity contribution in [3.63, 3.8) is 0 Å². The van der Waals surface area contributed by atoms with Gasteiger partial charge in [0.1, 0.15) is 16.4 Å². The van der Waals surface area contributed by atoms with Gasteiger partial charge >= 0.3 is 0 Å². The third-order valence-electron chi connectivity index (χ3n) is 3.90. The molecule has 2 aromatic carbocycles. The predicted octanol–water partition coefficient (Wildman–Crippen LogP) is 3.29. The average Bonchev–Trinajstić information content (AvgIpc) is 2.61. The van der Waals surface area contributed by atoms with Crippen molar-refractivity contribution in [2.45, 2.75) is 4.90 Å². The first-order valence-corrected chi connectivity index (χ1v) is 10.1. The van der Waals surface area contributed by atoms with Crippen LogP contribution in [-0.2, 0) is 10.0 Å². The molecule has 0 aromatic heterocycles. The number of ether oxygens (including phenoxy) is 1. The Morgan fingerprint density at radius 1 is 1.07 bits per heavy atom. The van der Waals surface area contributed by atoms with Gasteiger partial charge in [-0.15, -0.1) is 0 Å². The van der Waals surface area contributed by atoms with E-state index in [0.29, 0.717) is 23.1 Å². The number of nitrogens with zero attached hydrogens (tertiary/aromatic N) is 2. The summed E-state index contributed by atoms with van der Waals surface area (Å²) >= 11 is 11.9. The second-order valence-electron chi connectivity index (χ2n) is 5.75. The zero-order valence-corrected chi connectivity index (χ0v) is 16.2. The van der Waals surface area contributed by atoms with E-state index in [1.165, 1.54) is 34.6 Å². The Balaban J connectivity index is 2.06. The van der Waals surface area contributed by atoms with Gasteiger partial charge in [-0.3, -0.25) is 10.1 Å². The molecule has 0 saturated carbocycles. The number of nitrogens with one attached hydrogen (secondary N) is 1. The van der Waals surface area contributed by atoms with E-state index < -0.39 is 14.9 Å². The summed E-state index contributed by atoms with van der Waals surface area (Å²) in [4.78, 5) is 10.2. The predicted molar refractivity (Wildman–Crippen MR) is 101 cm³/mol. The average molecular weight is 432 g/mol. The van der Waals surface area contributed by atoms with Gasteiger partial charge in [0.25, 0.3) is 5.69 Å². The number of piperazine rings is 1. The highest BCUT2D eigenvalue weighted by atomic mass is 35.5. The van der Waals surface area contributed by atoms with Gasteiger partial charge in [-0.1, -0.05) is 23.2 Å². The molecule has 8 nitrogen and oxygen atoms in total. The Morgan fingerprint density at radius 2 is 1.70 bits per heavy atom. The Labute approximate surface area is 165 Å². The number of nitro groups is 1. The van der Waals surface area contributed by atoms with Gasteiger partial charge in [0.15, 0.2) is 0 Å². The number of halogens is 2. The van der Waals surface area contributed by atoms with E-state index in [-0.39, 0.29) is 35.2 Å². The molecule has 11 heteroatoms. The van der Waals surface area contributed by atoms with E-state index in [4.69, 9.17) is 27.9 Å². The molecular weight excluding hydrogens is 417 g/mol. The molecule has 0 atom stereocenters. The summed E-state index contributed by atoms with van der Waals surface area (Å²) < 4.78 is 33.0. The summed E-state index contributed by atoms with van der Waals surface area (Å²) in [5.41, 5.74) is -0.347. The zero-order valence-electron chi connectivity index (χ0n) is 13.9. The third kappa shape index (κ3) is 4.50. The highest BCUT2D eigenvalue weighted by Crippen LogP contribution is 2.35. The number of hydrogen-bond donors (Lipinski definition) is 1. The van der Waals surface area contributed by atoms with Crippen LogP contribution >= 0.6 is 23.2 Å². The van der Waals surface area contributed by atoms with Crippen molar-refractivity contribution in [2.75, 3.05) is 26.2 Å². The second-order valence-corrected chi connectivity index (χ2v) is 8.53. The minimum absolute atomic E-state index is 0.0440. The zero-order chi connectivity index (χ0) is 19.6. The highest BCUT2D eigenvalue weighted by Gasteiger charge is 2.31. The lowest BCUT2D eigenvalue weighted by Gasteiger charge is -2.27. The van der Waals surface area contributed by atoms with Crippen LogP contribution in [0.2, 0.25) is 10.0 Å². The van der Waals surface area contributed by atoms with Crippen molar-refractivity contribution in [1.82, 2.24) is 9.62 Å². The monoisotopic (exact) mass is 431 g/mol. The molecule has 2 aromatic rings. The first-order valence-electron chi connectivity index (χ1n) is 7.90. The maximum atomic E-state index is 13.1. The molecule has 0 amide bonds. The van der Waals surface area contributed by atoms with Gasteiger partial charge in [0.2, 0.25) is 10.0 Å². The summed E-state index contributed by atoms with van der Waals surface area (Å²) in [6.07, 6.45) is 0. The summed E-state index contributed by atoms with van der Waals surface area (Å²) in [6.45, 7) is 1.50. The molecule has 144 valence electrons. The lowest BCUT2D eigenvalue weighted by Crippen LogP contribution is -2.46. The molecule has 0 bridgehead atoms. The molecule has 1 N–H and O–H groups in total. The van der Waals surface area contributed by atoms with Crippen molar-refractivity contribution in [1.29, 1.82) is 0 Å². The third-order valence-corrected chi connectivity index (χ3v) is 6.25. The van der Waals surface area contributed by atoms with Crippen LogP contribution in [0.5, 0.6) is 11.5 Å². The number of rotatable bonds is 5. The van der Waals surface area contributed by atoms with Gasteiger partial charge in [0, 0.05) is 48.4 Å². The fraction of sp³-hybridized carbons (Fsp3) is 0.250. The summed E-state index contributed by atoms with van der Waals surface area (Å²) in [5, 5.41) is 14.8. The van der Waals surface area contributed by atoms with Crippen LogP contribution in [0.4, 0.5) is 5.69 Å². The van der Waals surface area contributed by atoms with Gasteiger partial charge in [-0.2, -0.15) is 4.31 Å². The van der Waals surface area contributed by atoms with Crippen molar-refractivity contribution in [3.8, 4) is 11.5 Å². The van der Waals surface area contributed by atoms with Crippen molar-refractivity contribution >= 4 is 38.9 Å². The fourth-order valence-corrected chi connectivity index (χ4v) is 4.72. The maximum absolute atomic E-state index is 13.1. The first-order chi connectivity index (χ1) is 12.8. The molecule has 0 aliphatic carbocycles. The Morgan fingerprint density at radius 3 is 2.30 bits per heavy atom. The van der Waals surface area contributed by atoms with Crippen LogP contribution < -0.4 is 10.1 Å². The van der Waals surface area contributed by atoms with Crippen LogP contribution in [0.1, 0.15) is 0 Å². The molecule has 1 aliphatic heterocycles. The molecule has 0 unspecified atom stereocenters. The Kier molecular flexibility index (Phi) is 5.87. The second kappa shape index (κ2) is 7.99. The summed E-state index contributed by atoms with van der Waals surface area (Å²) in [6, 6.07) is 7.87. The molecule has 1 aliphatic rings. The van der Waals surface area contributed by atoms with E-state index in [1.54, 1.807) is 0 Å². The molecule has 1 fully saturated rings. The van der Waals surface area contributed by atoms with Crippen LogP contribution in [0.25, 0.3) is 0 Å². The summed E-state index contributed by atoms with van der Waals surface area (Å²) in [7, 11) is -3.99. The van der Waals surface area contributed by atoms with E-state index in [9.17, 15) is 18.5 Å². The molecule has 0 spiro atoms. The van der Waals surface area contributed by atoms with Crippen LogP contribution in [0.3, 0.4) is 0 Å². The summed E-state index contributed by atoms with van der Waals surface area (Å²) in [5.74, 6) is 0.176. The van der Waals surface area contributed by atoms with Gasteiger partial charge < -0.3 is 10.1 Å². The fourth-order valence-electron chi connectivity index (χ4n) is 2.63. The number of benzene rings is 2. The smallest absolute Gasteiger partial charge is 0.271 e. The molecular formula is C16H15Cl2N3O5S. The van der Waals surface area contributed by atoms with Crippen molar-refractivity contribution in [2.24, 2.45) is 0 Å². The van der Waals surface area contributed by atoms with Crippen LogP contribution in [0.15, 0.2) is 41.3 Å². The van der Waals surface area contributed by atoms with Crippen molar-refractivity contribution in [3.05, 3.63) is 56.6 Å². The van der Waals surface area contributed by atoms with E-state index in [1.807, 2.05) is 0 Å². The molecule has 1 saturated heterocycles. The number of non-ortho nitro benzene ring substituents is 1. The normalized spacial score (nSPS) is 15.5. The maximum Gasteiger partial charge on any atom is 0.271 e. The van der Waals surface area contributed by atoms with Gasteiger partial charge in [-0.05, 0) is 24.3 Å². The number of sulfonamides is 1. The largest absolute Gasteiger partial charge is 0.456 e. The SMILES string of the molecule is O=[N+]([O-])c1ccc(Oc2cc(Cl)cc(Cl)c2)c(S(=O)(=O)N2CCNCC2)c1. The number of nitro benzene ring substituents is 1. The molecule has 27 heavy (non-hydrogen) atoms. The Bertz CT molecular complexity index is 958. The number of hydrogen-bond acceptors (Lipinski definition) is 6. The minimum atomic E-state index is -3.99. The quantitative estimate of drug-likeness (QED) is 0.575. The van der Waals surface area contributed by atoms with Gasteiger partial charge in [0.05, 0.1) is 4.92 Å².